The van der Waals surface area contributed by atoms with E-state index in [9.17, 15) is 4.79 Å². The lowest BCUT2D eigenvalue weighted by molar-refractivity contribution is -0.201. The Hall–Kier alpha value is -2.48. The molecule has 6 atom stereocenters. The van der Waals surface area contributed by atoms with Crippen molar-refractivity contribution in [2.75, 3.05) is 19.7 Å². The van der Waals surface area contributed by atoms with Gasteiger partial charge in [0.15, 0.2) is 5.79 Å². The van der Waals surface area contributed by atoms with Gasteiger partial charge in [-0.05, 0) is 92.9 Å². The van der Waals surface area contributed by atoms with Gasteiger partial charge in [0.2, 0.25) is 5.91 Å². The lowest BCUT2D eigenvalue weighted by atomic mass is 9.44. The minimum Gasteiger partial charge on any atom is -0.387 e. The van der Waals surface area contributed by atoms with Crippen molar-refractivity contribution in [1.29, 1.82) is 0 Å². The Morgan fingerprint density at radius 1 is 1.12 bits per heavy atom. The third-order valence-corrected chi connectivity index (χ3v) is 11.3. The topological polar surface area (TPSA) is 95.9 Å². The first kappa shape index (κ1) is 29.6. The molecule has 5 aliphatic rings. The van der Waals surface area contributed by atoms with Gasteiger partial charge in [-0.1, -0.05) is 45.9 Å². The molecule has 1 spiro atoms. The number of hydrogen-bond acceptors (Lipinski definition) is 5. The predicted octanol–water partition coefficient (Wildman–Crippen LogP) is 5.99. The molecule has 0 radical (unpaired) electrons. The van der Waals surface area contributed by atoms with Crippen LogP contribution < -0.4 is 5.32 Å². The van der Waals surface area contributed by atoms with E-state index in [0.717, 1.165) is 37.9 Å². The number of aromatic amines is 1. The number of para-hydroxylation sites is 1. The zero-order valence-corrected chi connectivity index (χ0v) is 26.3. The number of rotatable bonds is 5. The quantitative estimate of drug-likeness (QED) is 0.408. The number of amides is 1. The SMILES string of the molecule is CCCN=C1C=C2C3CCC4Cc5c([nH]c6ccccc56)[C@]4(C)C3(C)CCC23OC1C(C)(C)O3.CCCNC(=O)CO. The average molecular weight is 576 g/mol. The van der Waals surface area contributed by atoms with Crippen LogP contribution in [0, 0.1) is 17.3 Å². The van der Waals surface area contributed by atoms with Crippen LogP contribution in [0.25, 0.3) is 10.9 Å². The molecule has 1 aromatic carbocycles. The Kier molecular flexibility index (Phi) is 7.47. The molecule has 2 aromatic rings. The number of benzene rings is 1. The molecule has 7 heteroatoms. The van der Waals surface area contributed by atoms with Crippen molar-refractivity contribution in [2.24, 2.45) is 22.2 Å². The summed E-state index contributed by atoms with van der Waals surface area (Å²) in [7, 11) is 0. The Labute approximate surface area is 250 Å². The van der Waals surface area contributed by atoms with Gasteiger partial charge in [0, 0.05) is 41.5 Å². The number of nitrogens with zero attached hydrogens (tertiary/aromatic N) is 1. The normalized spacial score (nSPS) is 36.3. The molecule has 3 aliphatic carbocycles. The lowest BCUT2D eigenvalue weighted by Crippen LogP contribution is -2.60. The van der Waals surface area contributed by atoms with E-state index in [1.165, 1.54) is 41.4 Å². The standard InChI is InChI=1S/C30H38N2O2.C5H11NO2/c1-6-15-31-24-17-22-21-12-11-18-16-20-19-9-7-8-10-23(19)32-25(20)29(18,5)28(21,4)13-14-30(22)33-26(24)27(2,3)34-30;1-2-3-6-5(8)4-7/h7-10,17-18,21,26,32H,6,11-16H2,1-5H3;7H,2-4H2,1H3,(H,6,8)/t18?,21?,26?,28?,29-,30?;/m1./s1. The van der Waals surface area contributed by atoms with E-state index in [1.807, 2.05) is 6.92 Å². The Morgan fingerprint density at radius 2 is 1.90 bits per heavy atom. The highest BCUT2D eigenvalue weighted by molar-refractivity contribution is 6.01. The van der Waals surface area contributed by atoms with Crippen LogP contribution in [-0.2, 0) is 26.1 Å². The van der Waals surface area contributed by atoms with Crippen molar-refractivity contribution < 1.29 is 19.4 Å². The Morgan fingerprint density at radius 3 is 2.64 bits per heavy atom. The number of fused-ring (bicyclic) bond motifs is 9. The average Bonchev–Trinajstić information content (AvgIpc) is 3.56. The summed E-state index contributed by atoms with van der Waals surface area (Å²) in [5.74, 6) is 0.281. The van der Waals surface area contributed by atoms with E-state index in [1.54, 1.807) is 5.56 Å². The second kappa shape index (κ2) is 10.6. The number of aliphatic hydroxyl groups excluding tert-OH is 1. The Balaban J connectivity index is 0.000000350. The van der Waals surface area contributed by atoms with Crippen molar-refractivity contribution in [1.82, 2.24) is 10.3 Å². The summed E-state index contributed by atoms with van der Waals surface area (Å²) in [6, 6.07) is 8.89. The second-order valence-electron chi connectivity index (χ2n) is 14.0. The van der Waals surface area contributed by atoms with Crippen LogP contribution >= 0.6 is 0 Å². The van der Waals surface area contributed by atoms with Crippen LogP contribution in [-0.4, -0.2) is 58.9 Å². The number of aromatic nitrogens is 1. The van der Waals surface area contributed by atoms with Crippen LogP contribution in [0.4, 0.5) is 0 Å². The molecule has 2 bridgehead atoms. The lowest BCUT2D eigenvalue weighted by Gasteiger charge is -2.61. The van der Waals surface area contributed by atoms with Gasteiger partial charge in [0.05, 0.1) is 11.3 Å². The smallest absolute Gasteiger partial charge is 0.245 e. The van der Waals surface area contributed by atoms with E-state index in [2.05, 4.69) is 75.3 Å². The summed E-state index contributed by atoms with van der Waals surface area (Å²) in [5.41, 5.74) is 6.78. The number of hydrogen-bond donors (Lipinski definition) is 3. The van der Waals surface area contributed by atoms with Gasteiger partial charge in [-0.25, -0.2) is 0 Å². The monoisotopic (exact) mass is 575 g/mol. The number of nitrogens with one attached hydrogen (secondary N) is 2. The molecule has 42 heavy (non-hydrogen) atoms. The molecule has 1 saturated heterocycles. The van der Waals surface area contributed by atoms with Crippen LogP contribution in [0.1, 0.15) is 91.3 Å². The summed E-state index contributed by atoms with van der Waals surface area (Å²) >= 11 is 0. The highest BCUT2D eigenvalue weighted by Crippen LogP contribution is 2.70. The Bertz CT molecular complexity index is 1420. The maximum Gasteiger partial charge on any atom is 0.245 e. The fourth-order valence-corrected chi connectivity index (χ4v) is 9.09. The maximum absolute atomic E-state index is 10.2. The fourth-order valence-electron chi connectivity index (χ4n) is 9.09. The molecule has 2 saturated carbocycles. The molecular formula is C35H49N3O4. The number of aliphatic imine (C=N–C) groups is 1. The molecule has 228 valence electrons. The van der Waals surface area contributed by atoms with Crippen molar-refractivity contribution in [3.63, 3.8) is 0 Å². The molecule has 3 heterocycles. The van der Waals surface area contributed by atoms with E-state index >= 15 is 0 Å². The number of carbonyl (C=O) groups excluding carboxylic acids is 1. The molecule has 5 unspecified atom stereocenters. The van der Waals surface area contributed by atoms with Gasteiger partial charge in [-0.3, -0.25) is 9.79 Å². The highest BCUT2D eigenvalue weighted by Gasteiger charge is 2.69. The van der Waals surface area contributed by atoms with Gasteiger partial charge in [0.1, 0.15) is 12.7 Å². The summed E-state index contributed by atoms with van der Waals surface area (Å²) in [6.45, 7) is 14.8. The summed E-state index contributed by atoms with van der Waals surface area (Å²) in [4.78, 5) is 19.1. The first-order valence-corrected chi connectivity index (χ1v) is 16.2. The molecule has 1 aromatic heterocycles. The van der Waals surface area contributed by atoms with Crippen molar-refractivity contribution in [3.8, 4) is 0 Å². The molecule has 7 nitrogen and oxygen atoms in total. The van der Waals surface area contributed by atoms with E-state index in [4.69, 9.17) is 19.6 Å². The first-order chi connectivity index (χ1) is 20.0. The van der Waals surface area contributed by atoms with E-state index in [-0.39, 0.29) is 28.4 Å². The van der Waals surface area contributed by atoms with E-state index in [0.29, 0.717) is 18.4 Å². The summed E-state index contributed by atoms with van der Waals surface area (Å²) in [5, 5.41) is 12.1. The van der Waals surface area contributed by atoms with Crippen LogP contribution in [0.2, 0.25) is 0 Å². The number of aliphatic hydroxyl groups is 1. The predicted molar refractivity (Wildman–Crippen MR) is 167 cm³/mol. The molecular weight excluding hydrogens is 526 g/mol. The molecule has 2 aliphatic heterocycles. The van der Waals surface area contributed by atoms with Crippen LogP contribution in [0.5, 0.6) is 0 Å². The third kappa shape index (κ3) is 4.25. The van der Waals surface area contributed by atoms with Crippen molar-refractivity contribution >= 4 is 22.5 Å². The zero-order valence-electron chi connectivity index (χ0n) is 26.3. The minimum absolute atomic E-state index is 0.0640. The maximum atomic E-state index is 10.2. The molecule has 3 N–H and O–H groups in total. The zero-order chi connectivity index (χ0) is 29.9. The minimum atomic E-state index is -0.561. The van der Waals surface area contributed by atoms with Gasteiger partial charge < -0.3 is 24.9 Å². The largest absolute Gasteiger partial charge is 0.387 e. The third-order valence-electron chi connectivity index (χ3n) is 11.3. The molecule has 3 fully saturated rings. The van der Waals surface area contributed by atoms with Crippen molar-refractivity contribution in [2.45, 2.75) is 109 Å². The highest BCUT2D eigenvalue weighted by atomic mass is 16.8. The number of H-pyrrole nitrogens is 1. The van der Waals surface area contributed by atoms with Crippen molar-refractivity contribution in [3.05, 3.63) is 47.2 Å². The molecule has 1 amide bonds. The van der Waals surface area contributed by atoms with Crippen LogP contribution in [0.15, 0.2) is 40.9 Å². The van der Waals surface area contributed by atoms with Crippen LogP contribution in [0.3, 0.4) is 0 Å². The summed E-state index contributed by atoms with van der Waals surface area (Å²) in [6.07, 6.45) is 10.1. The molecule has 7 rings (SSSR count). The second-order valence-corrected chi connectivity index (χ2v) is 14.0. The van der Waals surface area contributed by atoms with Gasteiger partial charge >= 0.3 is 0 Å². The van der Waals surface area contributed by atoms with Gasteiger partial charge in [-0.2, -0.15) is 0 Å². The number of ether oxygens (including phenoxy) is 2. The fraction of sp³-hybridized carbons (Fsp3) is 0.657. The van der Waals surface area contributed by atoms with E-state index < -0.39 is 12.4 Å². The van der Waals surface area contributed by atoms with Gasteiger partial charge in [-0.15, -0.1) is 0 Å². The number of carbonyl (C=O) groups is 1. The van der Waals surface area contributed by atoms with Gasteiger partial charge in [0.25, 0.3) is 0 Å². The first-order valence-electron chi connectivity index (χ1n) is 16.2. The summed E-state index contributed by atoms with van der Waals surface area (Å²) < 4.78 is 13.7.